The SMILES string of the molecule is CCC/C=C\C/C=C\CCCCCCCC(=O)OCC(COP(=O)(O)OCC(CO)OC(=O)CCCCCCC/C=C\CCCCCCCC)OC(=O)CCCCCCCC/C=C\C/C=C\C/C=C\CCCCC. The minimum Gasteiger partial charge on any atom is -0.462 e. The number of hydrogen-bond acceptors (Lipinski definition) is 10. The van der Waals surface area contributed by atoms with Crippen LogP contribution in [-0.4, -0.2) is 66.5 Å². The first-order valence-corrected chi connectivity index (χ1v) is 31.3. The number of phosphoric ester groups is 1. The lowest BCUT2D eigenvalue weighted by atomic mass is 10.1. The van der Waals surface area contributed by atoms with Gasteiger partial charge in [-0.05, 0) is 109 Å². The van der Waals surface area contributed by atoms with Gasteiger partial charge < -0.3 is 24.2 Å². The van der Waals surface area contributed by atoms with Crippen molar-refractivity contribution >= 4 is 25.7 Å². The average molecular weight is 1060 g/mol. The first-order valence-electron chi connectivity index (χ1n) is 29.8. The molecule has 0 saturated carbocycles. The van der Waals surface area contributed by atoms with Crippen LogP contribution < -0.4 is 0 Å². The van der Waals surface area contributed by atoms with Gasteiger partial charge in [0.25, 0.3) is 0 Å². The van der Waals surface area contributed by atoms with Gasteiger partial charge in [0.15, 0.2) is 6.10 Å². The molecule has 0 saturated heterocycles. The molecule has 3 unspecified atom stereocenters. The van der Waals surface area contributed by atoms with E-state index in [1.165, 1.54) is 70.6 Å². The molecule has 0 heterocycles. The number of unbranched alkanes of at least 4 members (excludes halogenated alkanes) is 26. The number of carbonyl (C=O) groups is 3. The number of aliphatic hydroxyl groups excluding tert-OH is 1. The van der Waals surface area contributed by atoms with Gasteiger partial charge in [-0.3, -0.25) is 23.4 Å². The van der Waals surface area contributed by atoms with E-state index in [1.807, 2.05) is 0 Å². The van der Waals surface area contributed by atoms with Gasteiger partial charge in [-0.15, -0.1) is 0 Å². The maximum atomic E-state index is 12.9. The third kappa shape index (κ3) is 53.7. The van der Waals surface area contributed by atoms with Gasteiger partial charge in [0.2, 0.25) is 0 Å². The van der Waals surface area contributed by atoms with Crippen LogP contribution in [0, 0.1) is 0 Å². The van der Waals surface area contributed by atoms with Gasteiger partial charge in [-0.1, -0.05) is 209 Å². The molecule has 3 atom stereocenters. The Morgan fingerprint density at radius 2 is 0.689 bits per heavy atom. The van der Waals surface area contributed by atoms with Crippen molar-refractivity contribution in [3.05, 3.63) is 72.9 Å². The van der Waals surface area contributed by atoms with E-state index in [-0.39, 0.29) is 25.9 Å². The molecule has 0 bridgehead atoms. The van der Waals surface area contributed by atoms with E-state index in [9.17, 15) is 28.9 Å². The molecule has 12 heteroatoms. The van der Waals surface area contributed by atoms with E-state index in [2.05, 4.69) is 93.7 Å². The van der Waals surface area contributed by atoms with Crippen LogP contribution in [0.3, 0.4) is 0 Å². The standard InChI is InChI=1S/C62H109O11P/c1-4-7-10-13-16-19-22-25-27-28-29-30-32-35-38-41-44-47-50-53-62(66)73-59(55-69-60(64)51-48-45-42-39-36-33-24-21-18-15-12-9-6-3)57-71-74(67,68)70-56-58(54-63)72-61(65)52-49-46-43-40-37-34-31-26-23-20-17-14-11-8-5-2/h12,15-16,19,21,24-27,29-31,58-59,63H,4-11,13-14,17-18,20,22-23,28,32-57H2,1-3H3,(H,67,68)/b15-12-,19-16-,24-21-,27-25-,30-29-,31-26-. The fraction of sp³-hybridized carbons (Fsp3) is 0.758. The van der Waals surface area contributed by atoms with E-state index in [1.54, 1.807) is 0 Å². The lowest BCUT2D eigenvalue weighted by Gasteiger charge is -2.21. The highest BCUT2D eigenvalue weighted by molar-refractivity contribution is 7.47. The zero-order chi connectivity index (χ0) is 54.1. The molecule has 0 aliphatic rings. The zero-order valence-electron chi connectivity index (χ0n) is 47.3. The fourth-order valence-corrected chi connectivity index (χ4v) is 8.77. The largest absolute Gasteiger partial charge is 0.472 e. The maximum absolute atomic E-state index is 12.9. The van der Waals surface area contributed by atoms with Crippen molar-refractivity contribution in [3.63, 3.8) is 0 Å². The summed E-state index contributed by atoms with van der Waals surface area (Å²) in [6, 6.07) is 0. The molecule has 2 N–H and O–H groups in total. The summed E-state index contributed by atoms with van der Waals surface area (Å²) in [5.41, 5.74) is 0. The molecule has 74 heavy (non-hydrogen) atoms. The molecule has 0 rings (SSSR count). The molecular formula is C62H109O11P. The minimum atomic E-state index is -4.76. The number of esters is 3. The molecule has 428 valence electrons. The van der Waals surface area contributed by atoms with Gasteiger partial charge in [0, 0.05) is 19.3 Å². The van der Waals surface area contributed by atoms with Gasteiger partial charge in [0.1, 0.15) is 12.7 Å². The molecule has 0 aromatic carbocycles. The third-order valence-electron chi connectivity index (χ3n) is 12.6. The number of allylic oxidation sites excluding steroid dienone is 12. The van der Waals surface area contributed by atoms with Gasteiger partial charge in [-0.2, -0.15) is 0 Å². The summed E-state index contributed by atoms with van der Waals surface area (Å²) >= 11 is 0. The van der Waals surface area contributed by atoms with Gasteiger partial charge in [-0.25, -0.2) is 4.57 Å². The van der Waals surface area contributed by atoms with E-state index >= 15 is 0 Å². The predicted molar refractivity (Wildman–Crippen MR) is 307 cm³/mol. The van der Waals surface area contributed by atoms with Crippen LogP contribution in [0.25, 0.3) is 0 Å². The van der Waals surface area contributed by atoms with Crippen molar-refractivity contribution < 1.29 is 52.2 Å². The monoisotopic (exact) mass is 1060 g/mol. The predicted octanol–water partition coefficient (Wildman–Crippen LogP) is 17.7. The zero-order valence-corrected chi connectivity index (χ0v) is 48.2. The number of rotatable bonds is 55. The third-order valence-corrected chi connectivity index (χ3v) is 13.5. The Hall–Kier alpha value is -3.08. The van der Waals surface area contributed by atoms with E-state index in [0.29, 0.717) is 19.3 Å². The topological polar surface area (TPSA) is 155 Å². The number of aliphatic hydroxyl groups is 1. The molecule has 0 spiro atoms. The highest BCUT2D eigenvalue weighted by atomic mass is 31.2. The summed E-state index contributed by atoms with van der Waals surface area (Å²) in [5, 5.41) is 9.82. The number of hydrogen-bond donors (Lipinski definition) is 2. The summed E-state index contributed by atoms with van der Waals surface area (Å²) in [4.78, 5) is 48.6. The van der Waals surface area contributed by atoms with E-state index < -0.39 is 57.8 Å². The Morgan fingerprint density at radius 1 is 0.378 bits per heavy atom. The van der Waals surface area contributed by atoms with Crippen LogP contribution in [-0.2, 0) is 42.2 Å². The number of carbonyl (C=O) groups excluding carboxylic acids is 3. The summed E-state index contributed by atoms with van der Waals surface area (Å²) in [6.07, 6.45) is 62.8. The summed E-state index contributed by atoms with van der Waals surface area (Å²) in [7, 11) is -4.76. The first kappa shape index (κ1) is 70.9. The van der Waals surface area contributed by atoms with Crippen molar-refractivity contribution in [2.75, 3.05) is 26.4 Å². The van der Waals surface area contributed by atoms with Crippen molar-refractivity contribution in [2.24, 2.45) is 0 Å². The number of phosphoric acid groups is 1. The molecule has 0 aromatic heterocycles. The van der Waals surface area contributed by atoms with Crippen LogP contribution in [0.4, 0.5) is 0 Å². The average Bonchev–Trinajstić information content (AvgIpc) is 3.39. The first-order chi connectivity index (χ1) is 36.2. The smallest absolute Gasteiger partial charge is 0.462 e. The van der Waals surface area contributed by atoms with Gasteiger partial charge >= 0.3 is 25.7 Å². The Morgan fingerprint density at radius 3 is 1.11 bits per heavy atom. The number of ether oxygens (including phenoxy) is 3. The van der Waals surface area contributed by atoms with E-state index in [4.69, 9.17) is 23.3 Å². The van der Waals surface area contributed by atoms with Crippen molar-refractivity contribution in [3.8, 4) is 0 Å². The van der Waals surface area contributed by atoms with Crippen molar-refractivity contribution in [1.82, 2.24) is 0 Å². The Labute approximate surface area is 452 Å². The lowest BCUT2D eigenvalue weighted by molar-refractivity contribution is -0.161. The second kappa shape index (κ2) is 56.1. The summed E-state index contributed by atoms with van der Waals surface area (Å²) in [5.74, 6) is -1.50. The molecule has 0 aliphatic heterocycles. The van der Waals surface area contributed by atoms with Crippen LogP contribution >= 0.6 is 7.82 Å². The molecule has 0 fully saturated rings. The van der Waals surface area contributed by atoms with Crippen molar-refractivity contribution in [2.45, 2.75) is 277 Å². The minimum absolute atomic E-state index is 0.148. The Balaban J connectivity index is 4.74. The maximum Gasteiger partial charge on any atom is 0.472 e. The van der Waals surface area contributed by atoms with E-state index in [0.717, 1.165) is 135 Å². The molecular weight excluding hydrogens is 952 g/mol. The van der Waals surface area contributed by atoms with Crippen LogP contribution in [0.1, 0.15) is 265 Å². The molecule has 0 amide bonds. The quantitative estimate of drug-likeness (QED) is 0.0197. The molecule has 11 nitrogen and oxygen atoms in total. The van der Waals surface area contributed by atoms with Crippen LogP contribution in [0.2, 0.25) is 0 Å². The normalized spacial score (nSPS) is 13.9. The lowest BCUT2D eigenvalue weighted by Crippen LogP contribution is -2.30. The Kier molecular flexibility index (Phi) is 53.8. The summed E-state index contributed by atoms with van der Waals surface area (Å²) in [6.45, 7) is 4.52. The highest BCUT2D eigenvalue weighted by Crippen LogP contribution is 2.43. The second-order valence-electron chi connectivity index (χ2n) is 19.8. The van der Waals surface area contributed by atoms with Gasteiger partial charge in [0.05, 0.1) is 19.8 Å². The second-order valence-corrected chi connectivity index (χ2v) is 21.3. The fourth-order valence-electron chi connectivity index (χ4n) is 7.98. The van der Waals surface area contributed by atoms with Crippen molar-refractivity contribution in [1.29, 1.82) is 0 Å². The molecule has 0 radical (unpaired) electrons. The molecule has 0 aliphatic carbocycles. The summed E-state index contributed by atoms with van der Waals surface area (Å²) < 4.78 is 39.5. The molecule has 0 aromatic rings. The van der Waals surface area contributed by atoms with Crippen LogP contribution in [0.15, 0.2) is 72.9 Å². The highest BCUT2D eigenvalue weighted by Gasteiger charge is 2.28. The van der Waals surface area contributed by atoms with Crippen LogP contribution in [0.5, 0.6) is 0 Å². The Bertz CT molecular complexity index is 1520.